The van der Waals surface area contributed by atoms with E-state index in [-0.39, 0.29) is 10.7 Å². The number of allylic oxidation sites excluding steroid dienone is 4. The summed E-state index contributed by atoms with van der Waals surface area (Å²) in [6, 6.07) is 0. The van der Waals surface area contributed by atoms with Crippen LogP contribution in [0.5, 0.6) is 0 Å². The number of aliphatic imine (C=N–C) groups is 2. The van der Waals surface area contributed by atoms with E-state index >= 15 is 0 Å². The van der Waals surface area contributed by atoms with Crippen molar-refractivity contribution in [2.75, 3.05) is 32.9 Å². The molecule has 2 rings (SSSR count). The third-order valence-corrected chi connectivity index (χ3v) is 6.08. The van der Waals surface area contributed by atoms with Crippen LogP contribution in [0.15, 0.2) is 56.8 Å². The largest absolute Gasteiger partial charge is 0.302 e. The summed E-state index contributed by atoms with van der Waals surface area (Å²) < 4.78 is 25.5. The Labute approximate surface area is 162 Å². The fourth-order valence-electron chi connectivity index (χ4n) is 2.77. The van der Waals surface area contributed by atoms with Crippen molar-refractivity contribution in [1.29, 1.82) is 0 Å². The second kappa shape index (κ2) is 9.66. The molecule has 0 spiro atoms. The van der Waals surface area contributed by atoms with Gasteiger partial charge in [0.2, 0.25) is 0 Å². The van der Waals surface area contributed by atoms with Crippen molar-refractivity contribution < 1.29 is 8.42 Å². The van der Waals surface area contributed by atoms with Gasteiger partial charge < -0.3 is 4.90 Å². The van der Waals surface area contributed by atoms with Crippen molar-refractivity contribution in [1.82, 2.24) is 15.3 Å². The Morgan fingerprint density at radius 1 is 1.37 bits per heavy atom. The molecule has 0 amide bonds. The van der Waals surface area contributed by atoms with E-state index in [4.69, 9.17) is 0 Å². The molecule has 1 saturated heterocycles. The Hall–Kier alpha value is -2.19. The number of likely N-dealkylation sites (tertiary alicyclic amines) is 1. The van der Waals surface area contributed by atoms with Gasteiger partial charge in [0, 0.05) is 38.3 Å². The van der Waals surface area contributed by atoms with Crippen molar-refractivity contribution >= 4 is 21.9 Å². The molecule has 8 heteroatoms. The zero-order chi connectivity index (χ0) is 19.9. The maximum Gasteiger partial charge on any atom is 0.181 e. The van der Waals surface area contributed by atoms with E-state index in [1.165, 1.54) is 6.34 Å². The van der Waals surface area contributed by atoms with Crippen LogP contribution in [-0.4, -0.2) is 63.3 Å². The average molecular weight is 392 g/mol. The molecule has 1 fully saturated rings. The van der Waals surface area contributed by atoms with Crippen LogP contribution < -0.4 is 5.43 Å². The number of fused-ring (bicyclic) bond motifs is 1. The maximum atomic E-state index is 12.8. The normalized spacial score (nSPS) is 21.0. The molecule has 0 aromatic rings. The highest BCUT2D eigenvalue weighted by molar-refractivity contribution is 7.95. The van der Waals surface area contributed by atoms with Crippen molar-refractivity contribution in [3.63, 3.8) is 0 Å². The van der Waals surface area contributed by atoms with E-state index in [9.17, 15) is 8.42 Å². The molecule has 0 aromatic carbocycles. The van der Waals surface area contributed by atoms with Crippen LogP contribution in [0, 0.1) is 0 Å². The fourth-order valence-corrected chi connectivity index (χ4v) is 3.80. The number of nitrogens with zero attached hydrogens (tertiary/aromatic N) is 4. The summed E-state index contributed by atoms with van der Waals surface area (Å²) in [6.07, 6.45) is 12.4. The molecule has 1 N–H and O–H groups in total. The predicted molar refractivity (Wildman–Crippen MR) is 112 cm³/mol. The molecule has 0 radical (unpaired) electrons. The van der Waals surface area contributed by atoms with Crippen LogP contribution in [-0.2, 0) is 9.84 Å². The van der Waals surface area contributed by atoms with Crippen LogP contribution in [0.25, 0.3) is 0 Å². The van der Waals surface area contributed by atoms with E-state index in [2.05, 4.69) is 27.4 Å². The summed E-state index contributed by atoms with van der Waals surface area (Å²) in [6.45, 7) is 5.33. The lowest BCUT2D eigenvalue weighted by atomic mass is 10.0. The van der Waals surface area contributed by atoms with Crippen LogP contribution in [0.4, 0.5) is 0 Å². The molecule has 2 heterocycles. The predicted octanol–water partition coefficient (Wildman–Crippen LogP) is 2.25. The molecule has 0 bridgehead atoms. The lowest BCUT2D eigenvalue weighted by molar-refractivity contribution is 0.347. The lowest BCUT2D eigenvalue weighted by Crippen LogP contribution is -2.41. The van der Waals surface area contributed by atoms with Gasteiger partial charge in [0.1, 0.15) is 6.34 Å². The number of hydrazine groups is 1. The number of piperidine rings is 1. The van der Waals surface area contributed by atoms with E-state index in [0.717, 1.165) is 37.2 Å². The van der Waals surface area contributed by atoms with E-state index in [1.807, 2.05) is 25.3 Å². The second-order valence-corrected chi connectivity index (χ2v) is 8.69. The zero-order valence-corrected chi connectivity index (χ0v) is 17.3. The molecule has 2 aliphatic rings. The van der Waals surface area contributed by atoms with Gasteiger partial charge >= 0.3 is 0 Å². The molecule has 0 aliphatic carbocycles. The summed E-state index contributed by atoms with van der Waals surface area (Å²) in [5, 5.41) is 1.64. The quantitative estimate of drug-likeness (QED) is 0.409. The Morgan fingerprint density at radius 2 is 2.11 bits per heavy atom. The van der Waals surface area contributed by atoms with Crippen LogP contribution in [0.1, 0.15) is 26.7 Å². The Bertz CT molecular complexity index is 819. The molecule has 0 saturated carbocycles. The first kappa shape index (κ1) is 21.1. The molecular weight excluding hydrogens is 362 g/mol. The molecule has 148 valence electrons. The SMILES string of the molecule is CC/C=C\C=C/CS(=O)(=O)/C(C)=C1\N=C2CCN(C)CC2=CN1NC=NC. The van der Waals surface area contributed by atoms with Crippen molar-refractivity contribution in [3.8, 4) is 0 Å². The molecule has 0 unspecified atom stereocenters. The van der Waals surface area contributed by atoms with Gasteiger partial charge in [-0.05, 0) is 20.4 Å². The van der Waals surface area contributed by atoms with E-state index in [1.54, 1.807) is 31.1 Å². The molecule has 27 heavy (non-hydrogen) atoms. The van der Waals surface area contributed by atoms with Gasteiger partial charge in [-0.1, -0.05) is 31.2 Å². The summed E-state index contributed by atoms with van der Waals surface area (Å²) in [5.74, 6) is 0.340. The first-order chi connectivity index (χ1) is 12.9. The standard InChI is InChI=1S/C19H29N5O2S/c1-5-6-7-8-9-12-27(25,26)16(2)19-22-18-10-11-23(4)13-17(18)14-24(19)21-15-20-3/h6-9,14-15H,5,10-13H2,1-4H3,(H,20,21)/b7-6-,9-8-,19-16+. The fraction of sp³-hybridized carbons (Fsp3) is 0.474. The Balaban J connectivity index is 2.34. The van der Waals surface area contributed by atoms with Gasteiger partial charge in [0.15, 0.2) is 15.7 Å². The molecular formula is C19H29N5O2S. The molecule has 0 aromatic heterocycles. The van der Waals surface area contributed by atoms with Crippen molar-refractivity contribution in [2.24, 2.45) is 9.98 Å². The molecule has 0 atom stereocenters. The van der Waals surface area contributed by atoms with Gasteiger partial charge in [0.05, 0.1) is 16.4 Å². The third-order valence-electron chi connectivity index (χ3n) is 4.34. The monoisotopic (exact) mass is 391 g/mol. The second-order valence-electron chi connectivity index (χ2n) is 6.51. The van der Waals surface area contributed by atoms with Gasteiger partial charge in [-0.15, -0.1) is 0 Å². The number of hydrogen-bond acceptors (Lipinski definition) is 6. The van der Waals surface area contributed by atoms with Crippen molar-refractivity contribution in [2.45, 2.75) is 26.7 Å². The number of rotatable bonds is 7. The first-order valence-electron chi connectivity index (χ1n) is 9.07. The minimum Gasteiger partial charge on any atom is -0.302 e. The van der Waals surface area contributed by atoms with Crippen LogP contribution in [0.3, 0.4) is 0 Å². The zero-order valence-electron chi connectivity index (χ0n) is 16.5. The highest BCUT2D eigenvalue weighted by atomic mass is 32.2. The summed E-state index contributed by atoms with van der Waals surface area (Å²) in [5.41, 5.74) is 5.03. The molecule has 7 nitrogen and oxygen atoms in total. The van der Waals surface area contributed by atoms with Crippen LogP contribution >= 0.6 is 0 Å². The third kappa shape index (κ3) is 5.64. The number of sulfone groups is 1. The highest BCUT2D eigenvalue weighted by Gasteiger charge is 2.27. The van der Waals surface area contributed by atoms with Gasteiger partial charge in [0.25, 0.3) is 0 Å². The minimum absolute atomic E-state index is 0.0593. The smallest absolute Gasteiger partial charge is 0.181 e. The van der Waals surface area contributed by atoms with E-state index < -0.39 is 9.84 Å². The summed E-state index contributed by atoms with van der Waals surface area (Å²) >= 11 is 0. The van der Waals surface area contributed by atoms with Gasteiger partial charge in [-0.2, -0.15) is 0 Å². The Kier molecular flexibility index (Phi) is 7.55. The highest BCUT2D eigenvalue weighted by Crippen LogP contribution is 2.26. The summed E-state index contributed by atoms with van der Waals surface area (Å²) in [7, 11) is 0.239. The van der Waals surface area contributed by atoms with Gasteiger partial charge in [-0.25, -0.2) is 18.4 Å². The van der Waals surface area contributed by atoms with Crippen molar-refractivity contribution in [3.05, 3.63) is 46.8 Å². The topological polar surface area (TPSA) is 77.4 Å². The van der Waals surface area contributed by atoms with Gasteiger partial charge in [-0.3, -0.25) is 10.4 Å². The number of hydrogen-bond donors (Lipinski definition) is 1. The number of likely N-dealkylation sites (N-methyl/N-ethyl adjacent to an activating group) is 1. The van der Waals surface area contributed by atoms with Crippen LogP contribution in [0.2, 0.25) is 0 Å². The maximum absolute atomic E-state index is 12.8. The van der Waals surface area contributed by atoms with E-state index in [0.29, 0.717) is 5.82 Å². The molecule has 2 aliphatic heterocycles. The first-order valence-corrected chi connectivity index (χ1v) is 10.7. The average Bonchev–Trinajstić information content (AvgIpc) is 2.64. The number of nitrogens with one attached hydrogen (secondary N) is 1. The summed E-state index contributed by atoms with van der Waals surface area (Å²) in [4.78, 5) is 11.1. The lowest BCUT2D eigenvalue weighted by Gasteiger charge is -2.33. The minimum atomic E-state index is -3.47. The Morgan fingerprint density at radius 3 is 2.81 bits per heavy atom.